The van der Waals surface area contributed by atoms with E-state index in [4.69, 9.17) is 0 Å². The van der Waals surface area contributed by atoms with Crippen LogP contribution in [-0.4, -0.2) is 37.4 Å². The highest BCUT2D eigenvalue weighted by atomic mass is 32.2. The molecule has 12 heteroatoms. The number of aryl methyl sites for hydroxylation is 1. The molecule has 1 aliphatic heterocycles. The monoisotopic (exact) mass is 501 g/mol. The molecule has 1 unspecified atom stereocenters. The van der Waals surface area contributed by atoms with Crippen LogP contribution in [0.4, 0.5) is 18.9 Å². The second-order valence-electron chi connectivity index (χ2n) is 7.94. The number of carbonyl (C=O) groups excluding carboxylic acids is 1. The van der Waals surface area contributed by atoms with Gasteiger partial charge in [0.05, 0.1) is 17.9 Å². The summed E-state index contributed by atoms with van der Waals surface area (Å²) in [6.45, 7) is 1.95. The molecule has 0 bridgehead atoms. The highest BCUT2D eigenvalue weighted by molar-refractivity contribution is 7.99. The number of para-hydroxylation sites is 1. The first kappa shape index (κ1) is 23.0. The highest BCUT2D eigenvalue weighted by Gasteiger charge is 2.31. The number of aromatic nitrogens is 4. The lowest BCUT2D eigenvalue weighted by molar-refractivity contribution is -0.274. The number of thioether (sulfide) groups is 1. The first-order valence-electron chi connectivity index (χ1n) is 10.5. The number of nitrogens with one attached hydrogen (secondary N) is 1. The first-order valence-corrected chi connectivity index (χ1v) is 11.5. The quantitative estimate of drug-likeness (QED) is 0.406. The van der Waals surface area contributed by atoms with Crippen molar-refractivity contribution in [3.05, 3.63) is 70.6 Å². The Bertz CT molecular complexity index is 1480. The molecule has 1 amide bonds. The van der Waals surface area contributed by atoms with Gasteiger partial charge >= 0.3 is 6.36 Å². The van der Waals surface area contributed by atoms with Gasteiger partial charge in [-0.1, -0.05) is 30.0 Å². The third-order valence-electron chi connectivity index (χ3n) is 5.51. The van der Waals surface area contributed by atoms with E-state index < -0.39 is 12.4 Å². The number of anilines is 1. The molecule has 1 aliphatic rings. The maximum atomic E-state index is 13.3. The maximum absolute atomic E-state index is 13.3. The molecule has 0 fully saturated rings. The van der Waals surface area contributed by atoms with E-state index in [2.05, 4.69) is 20.1 Å². The number of fused-ring (bicyclic) bond motifs is 2. The van der Waals surface area contributed by atoms with Gasteiger partial charge in [-0.25, -0.2) is 9.67 Å². The highest BCUT2D eigenvalue weighted by Crippen LogP contribution is 2.34. The predicted octanol–water partition coefficient (Wildman–Crippen LogP) is 4.46. The summed E-state index contributed by atoms with van der Waals surface area (Å²) >= 11 is 1.38. The molecule has 0 spiro atoms. The van der Waals surface area contributed by atoms with Gasteiger partial charge in [0, 0.05) is 17.9 Å². The Balaban J connectivity index is 1.35. The maximum Gasteiger partial charge on any atom is 0.573 e. The standard InChI is InChI=1S/C23H18F3N5O3S/c1-13-4-2-3-5-18(13)31-20-17(11-27-31)21(33)30-15(12-35-22(30)29-20)10-19(32)28-14-6-8-16(9-7-14)34-23(24,25)26/h2-9,11,15H,10,12H2,1H3,(H,28,32). The van der Waals surface area contributed by atoms with Crippen molar-refractivity contribution in [3.8, 4) is 11.4 Å². The number of rotatable bonds is 5. The van der Waals surface area contributed by atoms with Crippen LogP contribution in [0.3, 0.4) is 0 Å². The van der Waals surface area contributed by atoms with E-state index in [1.807, 2.05) is 31.2 Å². The molecule has 180 valence electrons. The topological polar surface area (TPSA) is 91.0 Å². The van der Waals surface area contributed by atoms with Crippen LogP contribution >= 0.6 is 11.8 Å². The van der Waals surface area contributed by atoms with Crippen molar-refractivity contribution >= 4 is 34.4 Å². The van der Waals surface area contributed by atoms with Crippen molar-refractivity contribution in [2.24, 2.45) is 0 Å². The fraction of sp³-hybridized carbons (Fsp3) is 0.217. The van der Waals surface area contributed by atoms with Crippen molar-refractivity contribution in [1.29, 1.82) is 0 Å². The molecule has 4 aromatic rings. The average Bonchev–Trinajstić information content (AvgIpc) is 3.39. The normalized spacial score (nSPS) is 15.3. The predicted molar refractivity (Wildman–Crippen MR) is 124 cm³/mol. The molecule has 1 atom stereocenters. The van der Waals surface area contributed by atoms with Crippen molar-refractivity contribution < 1.29 is 22.7 Å². The molecule has 0 aliphatic carbocycles. The second-order valence-corrected chi connectivity index (χ2v) is 8.93. The van der Waals surface area contributed by atoms with Gasteiger partial charge in [-0.15, -0.1) is 13.2 Å². The van der Waals surface area contributed by atoms with Gasteiger partial charge in [0.15, 0.2) is 10.8 Å². The van der Waals surface area contributed by atoms with Gasteiger partial charge in [-0.2, -0.15) is 5.10 Å². The van der Waals surface area contributed by atoms with E-state index in [9.17, 15) is 22.8 Å². The largest absolute Gasteiger partial charge is 0.573 e. The summed E-state index contributed by atoms with van der Waals surface area (Å²) in [7, 11) is 0. The summed E-state index contributed by atoms with van der Waals surface area (Å²) in [5.74, 6) is -0.279. The lowest BCUT2D eigenvalue weighted by Crippen LogP contribution is -2.27. The van der Waals surface area contributed by atoms with Crippen LogP contribution in [0.1, 0.15) is 18.0 Å². The van der Waals surface area contributed by atoms with Gasteiger partial charge in [-0.05, 0) is 42.8 Å². The fourth-order valence-electron chi connectivity index (χ4n) is 3.92. The van der Waals surface area contributed by atoms with Gasteiger partial charge in [0.1, 0.15) is 11.1 Å². The van der Waals surface area contributed by atoms with E-state index in [1.165, 1.54) is 34.7 Å². The number of halogens is 3. The molecular formula is C23H18F3N5O3S. The SMILES string of the molecule is Cc1ccccc1-n1ncc2c(=O)n3c(nc21)SCC3CC(=O)Nc1ccc(OC(F)(F)F)cc1. The van der Waals surface area contributed by atoms with Crippen molar-refractivity contribution in [1.82, 2.24) is 19.3 Å². The van der Waals surface area contributed by atoms with Gasteiger partial charge < -0.3 is 10.1 Å². The zero-order valence-corrected chi connectivity index (χ0v) is 19.1. The van der Waals surface area contributed by atoms with Gasteiger partial charge in [0.2, 0.25) is 5.91 Å². The smallest absolute Gasteiger partial charge is 0.406 e. The van der Waals surface area contributed by atoms with E-state index in [-0.39, 0.29) is 23.6 Å². The lowest BCUT2D eigenvalue weighted by Gasteiger charge is -2.14. The van der Waals surface area contributed by atoms with E-state index in [0.29, 0.717) is 27.6 Å². The Morgan fingerprint density at radius 2 is 1.94 bits per heavy atom. The van der Waals surface area contributed by atoms with Crippen molar-refractivity contribution in [2.45, 2.75) is 30.9 Å². The Hall–Kier alpha value is -3.80. The number of amides is 1. The van der Waals surface area contributed by atoms with Gasteiger partial charge in [-0.3, -0.25) is 14.2 Å². The minimum absolute atomic E-state index is 0.000172. The molecule has 0 radical (unpaired) electrons. The van der Waals surface area contributed by atoms with Crippen LogP contribution in [0.25, 0.3) is 16.7 Å². The summed E-state index contributed by atoms with van der Waals surface area (Å²) < 4.78 is 43.9. The third kappa shape index (κ3) is 4.61. The summed E-state index contributed by atoms with van der Waals surface area (Å²) in [5, 5.41) is 7.87. The number of benzene rings is 2. The van der Waals surface area contributed by atoms with Crippen molar-refractivity contribution in [3.63, 3.8) is 0 Å². The molecule has 35 heavy (non-hydrogen) atoms. The third-order valence-corrected chi connectivity index (χ3v) is 6.60. The molecule has 2 aromatic heterocycles. The molecule has 0 saturated heterocycles. The Morgan fingerprint density at radius 1 is 1.20 bits per heavy atom. The first-order chi connectivity index (χ1) is 16.7. The van der Waals surface area contributed by atoms with Crippen LogP contribution in [0.15, 0.2) is 64.7 Å². The van der Waals surface area contributed by atoms with Gasteiger partial charge in [0.25, 0.3) is 5.56 Å². The lowest BCUT2D eigenvalue weighted by atomic mass is 10.2. The number of ether oxygens (including phenoxy) is 1. The fourth-order valence-corrected chi connectivity index (χ4v) is 5.05. The molecular weight excluding hydrogens is 483 g/mol. The van der Waals surface area contributed by atoms with E-state index in [1.54, 1.807) is 4.68 Å². The zero-order valence-electron chi connectivity index (χ0n) is 18.2. The Kier molecular flexibility index (Phi) is 5.75. The molecule has 1 N–H and O–H groups in total. The molecule has 8 nitrogen and oxygen atoms in total. The molecule has 0 saturated carbocycles. The summed E-state index contributed by atoms with van der Waals surface area (Å²) in [6, 6.07) is 12.1. The van der Waals surface area contributed by atoms with E-state index in [0.717, 1.165) is 23.4 Å². The molecule has 3 heterocycles. The summed E-state index contributed by atoms with van der Waals surface area (Å²) in [5.41, 5.74) is 2.30. The number of carbonyl (C=O) groups is 1. The second kappa shape index (κ2) is 8.77. The van der Waals surface area contributed by atoms with E-state index >= 15 is 0 Å². The summed E-state index contributed by atoms with van der Waals surface area (Å²) in [4.78, 5) is 30.5. The number of hydrogen-bond acceptors (Lipinski definition) is 6. The Morgan fingerprint density at radius 3 is 2.66 bits per heavy atom. The van der Waals surface area contributed by atoms with Crippen LogP contribution < -0.4 is 15.6 Å². The molecule has 5 rings (SSSR count). The molecule has 2 aromatic carbocycles. The van der Waals surface area contributed by atoms with Crippen LogP contribution in [0.2, 0.25) is 0 Å². The average molecular weight is 501 g/mol. The Labute approximate surface area is 200 Å². The van der Waals surface area contributed by atoms with Crippen LogP contribution in [0.5, 0.6) is 5.75 Å². The minimum Gasteiger partial charge on any atom is -0.406 e. The van der Waals surface area contributed by atoms with Crippen LogP contribution in [0, 0.1) is 6.92 Å². The number of alkyl halides is 3. The number of hydrogen-bond donors (Lipinski definition) is 1. The van der Waals surface area contributed by atoms with Crippen LogP contribution in [-0.2, 0) is 4.79 Å². The zero-order chi connectivity index (χ0) is 24.7. The van der Waals surface area contributed by atoms with Crippen molar-refractivity contribution in [2.75, 3.05) is 11.1 Å². The number of nitrogens with zero attached hydrogens (tertiary/aromatic N) is 4. The minimum atomic E-state index is -4.79. The summed E-state index contributed by atoms with van der Waals surface area (Å²) in [6.07, 6.45) is -3.31.